The average Bonchev–Trinajstić information content (AvgIpc) is 2.73. The zero-order valence-corrected chi connectivity index (χ0v) is 19.0. The number of ether oxygens (including phenoxy) is 2. The number of halogens is 2. The summed E-state index contributed by atoms with van der Waals surface area (Å²) in [6, 6.07) is 7.13. The van der Waals surface area contributed by atoms with Gasteiger partial charge in [0, 0.05) is 0 Å². The molecular weight excluding hydrogens is 418 g/mol. The van der Waals surface area contributed by atoms with Crippen LogP contribution >= 0.6 is 0 Å². The van der Waals surface area contributed by atoms with Crippen LogP contribution in [0.25, 0.3) is 0 Å². The van der Waals surface area contributed by atoms with E-state index in [1.807, 2.05) is 19.9 Å². The number of carbonyl (C=O) groups excluding carboxylic acids is 2. The average molecular weight is 449 g/mol. The van der Waals surface area contributed by atoms with Crippen molar-refractivity contribution in [2.75, 3.05) is 13.2 Å². The van der Waals surface area contributed by atoms with Crippen molar-refractivity contribution in [3.63, 3.8) is 0 Å². The normalized spacial score (nSPS) is 12.8. The van der Waals surface area contributed by atoms with E-state index in [1.165, 1.54) is 6.07 Å². The first-order chi connectivity index (χ1) is 15.2. The lowest BCUT2D eigenvalue weighted by Crippen LogP contribution is -2.50. The number of amides is 2. The lowest BCUT2D eigenvalue weighted by molar-refractivity contribution is -0.124. The van der Waals surface area contributed by atoms with Crippen LogP contribution in [0.5, 0.6) is 11.5 Å². The number of benzene rings is 2. The Hall–Kier alpha value is -3.16. The number of hydrogen-bond acceptors (Lipinski definition) is 4. The monoisotopic (exact) mass is 448 g/mol. The molecule has 0 saturated heterocycles. The minimum absolute atomic E-state index is 0.319. The van der Waals surface area contributed by atoms with Crippen LogP contribution in [-0.2, 0) is 4.79 Å². The molecule has 0 radical (unpaired) electrons. The molecule has 2 aromatic rings. The Balaban J connectivity index is 2.17. The molecule has 0 aromatic heterocycles. The van der Waals surface area contributed by atoms with E-state index in [1.54, 1.807) is 32.9 Å². The zero-order chi connectivity index (χ0) is 23.8. The van der Waals surface area contributed by atoms with Gasteiger partial charge in [-0.3, -0.25) is 9.59 Å². The second kappa shape index (κ2) is 11.5. The quantitative estimate of drug-likeness (QED) is 0.565. The molecule has 0 spiro atoms. The maximum absolute atomic E-state index is 13.9. The largest absolute Gasteiger partial charge is 0.490 e. The van der Waals surface area contributed by atoms with Crippen LogP contribution in [0.15, 0.2) is 36.4 Å². The van der Waals surface area contributed by atoms with Gasteiger partial charge >= 0.3 is 0 Å². The first-order valence-electron chi connectivity index (χ1n) is 10.6. The molecule has 32 heavy (non-hydrogen) atoms. The highest BCUT2D eigenvalue weighted by atomic mass is 19.1. The van der Waals surface area contributed by atoms with E-state index in [9.17, 15) is 18.4 Å². The summed E-state index contributed by atoms with van der Waals surface area (Å²) in [5.74, 6) is -2.58. The maximum atomic E-state index is 13.9. The van der Waals surface area contributed by atoms with Crippen LogP contribution in [-0.4, -0.2) is 31.1 Å². The minimum Gasteiger partial charge on any atom is -0.490 e. The Morgan fingerprint density at radius 1 is 0.906 bits per heavy atom. The summed E-state index contributed by atoms with van der Waals surface area (Å²) < 4.78 is 39.1. The molecule has 2 atom stereocenters. The second-order valence-electron chi connectivity index (χ2n) is 7.59. The molecule has 8 heteroatoms. The fraction of sp³-hybridized carbons (Fsp3) is 0.417. The third-order valence-electron chi connectivity index (χ3n) is 4.85. The third kappa shape index (κ3) is 6.18. The van der Waals surface area contributed by atoms with Crippen LogP contribution < -0.4 is 20.1 Å². The molecule has 0 aliphatic carbocycles. The Bertz CT molecular complexity index is 929. The van der Waals surface area contributed by atoms with E-state index in [-0.39, 0.29) is 5.92 Å². The lowest BCUT2D eigenvalue weighted by atomic mass is 10.0. The SMILES string of the molecule is CCOc1ccc(C(C)NC(=O)C(NC(=O)c2c(F)cccc2F)C(C)C)cc1OCC. The maximum Gasteiger partial charge on any atom is 0.257 e. The third-order valence-corrected chi connectivity index (χ3v) is 4.85. The number of carbonyl (C=O) groups is 2. The van der Waals surface area contributed by atoms with E-state index in [0.29, 0.717) is 24.7 Å². The standard InChI is InChI=1S/C24H30F2N2O4/c1-6-31-19-12-11-16(13-20(19)32-7-2)15(5)27-24(30)22(14(3)4)28-23(29)21-17(25)9-8-10-18(21)26/h8-15,22H,6-7H2,1-5H3,(H,27,30)(H,28,29). The van der Waals surface area contributed by atoms with Crippen molar-refractivity contribution >= 4 is 11.8 Å². The van der Waals surface area contributed by atoms with Gasteiger partial charge in [0.2, 0.25) is 5.91 Å². The zero-order valence-electron chi connectivity index (χ0n) is 19.0. The molecule has 2 amide bonds. The van der Waals surface area contributed by atoms with E-state index < -0.39 is 41.1 Å². The van der Waals surface area contributed by atoms with Gasteiger partial charge < -0.3 is 20.1 Å². The van der Waals surface area contributed by atoms with Gasteiger partial charge in [-0.05, 0) is 56.5 Å². The van der Waals surface area contributed by atoms with Crippen molar-refractivity contribution in [1.29, 1.82) is 0 Å². The summed E-state index contributed by atoms with van der Waals surface area (Å²) in [5, 5.41) is 5.30. The van der Waals surface area contributed by atoms with Gasteiger partial charge in [-0.2, -0.15) is 0 Å². The van der Waals surface area contributed by atoms with Crippen molar-refractivity contribution in [2.24, 2.45) is 5.92 Å². The molecule has 2 aromatic carbocycles. The van der Waals surface area contributed by atoms with Crippen LogP contribution in [0.3, 0.4) is 0 Å². The van der Waals surface area contributed by atoms with E-state index in [2.05, 4.69) is 10.6 Å². The van der Waals surface area contributed by atoms with Gasteiger partial charge in [0.1, 0.15) is 23.2 Å². The molecular formula is C24H30F2N2O4. The predicted octanol–water partition coefficient (Wildman–Crippen LogP) is 4.39. The van der Waals surface area contributed by atoms with Crippen LogP contribution in [0.2, 0.25) is 0 Å². The summed E-state index contributed by atoms with van der Waals surface area (Å²) in [5.41, 5.74) is 0.0612. The number of hydrogen-bond donors (Lipinski definition) is 2. The topological polar surface area (TPSA) is 76.7 Å². The summed E-state index contributed by atoms with van der Waals surface area (Å²) in [6.45, 7) is 9.94. The Morgan fingerprint density at radius 3 is 2.06 bits per heavy atom. The highest BCUT2D eigenvalue weighted by Crippen LogP contribution is 2.30. The summed E-state index contributed by atoms with van der Waals surface area (Å²) >= 11 is 0. The molecule has 0 aliphatic heterocycles. The first kappa shape index (κ1) is 25.1. The van der Waals surface area contributed by atoms with Crippen molar-refractivity contribution in [3.05, 3.63) is 59.2 Å². The smallest absolute Gasteiger partial charge is 0.257 e. The Kier molecular flexibility index (Phi) is 8.99. The number of nitrogens with one attached hydrogen (secondary N) is 2. The molecule has 0 fully saturated rings. The van der Waals surface area contributed by atoms with Crippen molar-refractivity contribution in [3.8, 4) is 11.5 Å². The summed E-state index contributed by atoms with van der Waals surface area (Å²) in [4.78, 5) is 25.4. The molecule has 6 nitrogen and oxygen atoms in total. The van der Waals surface area contributed by atoms with Gasteiger partial charge in [-0.15, -0.1) is 0 Å². The highest BCUT2D eigenvalue weighted by molar-refractivity contribution is 5.98. The van der Waals surface area contributed by atoms with E-state index in [0.717, 1.165) is 17.7 Å². The minimum atomic E-state index is -0.989. The molecule has 2 unspecified atom stereocenters. The van der Waals surface area contributed by atoms with Crippen molar-refractivity contribution in [2.45, 2.75) is 46.7 Å². The van der Waals surface area contributed by atoms with E-state index >= 15 is 0 Å². The molecule has 174 valence electrons. The lowest BCUT2D eigenvalue weighted by Gasteiger charge is -2.25. The molecule has 0 saturated carbocycles. The van der Waals surface area contributed by atoms with Gasteiger partial charge in [0.25, 0.3) is 5.91 Å². The van der Waals surface area contributed by atoms with Crippen molar-refractivity contribution < 1.29 is 27.8 Å². The second-order valence-corrected chi connectivity index (χ2v) is 7.59. The van der Waals surface area contributed by atoms with Gasteiger partial charge in [0.05, 0.1) is 19.3 Å². The Morgan fingerprint density at radius 2 is 1.50 bits per heavy atom. The molecule has 0 aliphatic rings. The number of rotatable bonds is 10. The predicted molar refractivity (Wildman–Crippen MR) is 118 cm³/mol. The Labute approximate surface area is 187 Å². The van der Waals surface area contributed by atoms with Crippen LogP contribution in [0, 0.1) is 17.6 Å². The fourth-order valence-corrected chi connectivity index (χ4v) is 3.19. The molecule has 0 bridgehead atoms. The summed E-state index contributed by atoms with van der Waals surface area (Å²) in [7, 11) is 0. The summed E-state index contributed by atoms with van der Waals surface area (Å²) in [6.07, 6.45) is 0. The van der Waals surface area contributed by atoms with Gasteiger partial charge in [-0.1, -0.05) is 26.0 Å². The highest BCUT2D eigenvalue weighted by Gasteiger charge is 2.28. The fourth-order valence-electron chi connectivity index (χ4n) is 3.19. The molecule has 0 heterocycles. The van der Waals surface area contributed by atoms with Gasteiger partial charge in [-0.25, -0.2) is 8.78 Å². The van der Waals surface area contributed by atoms with Crippen molar-refractivity contribution in [1.82, 2.24) is 10.6 Å². The molecule has 2 N–H and O–H groups in total. The van der Waals surface area contributed by atoms with Crippen LogP contribution in [0.1, 0.15) is 56.6 Å². The van der Waals surface area contributed by atoms with Gasteiger partial charge in [0.15, 0.2) is 11.5 Å². The molecule has 2 rings (SSSR count). The van der Waals surface area contributed by atoms with Crippen LogP contribution in [0.4, 0.5) is 8.78 Å². The van der Waals surface area contributed by atoms with E-state index in [4.69, 9.17) is 9.47 Å². The first-order valence-corrected chi connectivity index (χ1v) is 10.6.